The van der Waals surface area contributed by atoms with E-state index < -0.39 is 6.10 Å². The molecule has 0 aromatic heterocycles. The first-order valence-electron chi connectivity index (χ1n) is 11.2. The summed E-state index contributed by atoms with van der Waals surface area (Å²) in [6.45, 7) is 2.16. The van der Waals surface area contributed by atoms with Crippen molar-refractivity contribution in [3.05, 3.63) is 60.7 Å². The standard InChI is InChI=1S/C14H30O2.C12H10.HI/c1-2-3-4-5-6-7-8-9-10-11-12-14(16)13-15;1-3-7-11(8-4-1)12-9-5-2-6-10-12;/h14-16H,2-13H2,1H3;1-10H;1H. The highest BCUT2D eigenvalue weighted by Gasteiger charge is 2.00. The molecule has 2 aromatic rings. The van der Waals surface area contributed by atoms with Crippen LogP contribution in [0.3, 0.4) is 0 Å². The molecule has 0 aliphatic rings. The van der Waals surface area contributed by atoms with Crippen molar-refractivity contribution in [2.45, 2.75) is 83.7 Å². The lowest BCUT2D eigenvalue weighted by molar-refractivity contribution is 0.0860. The zero-order chi connectivity index (χ0) is 20.3. The van der Waals surface area contributed by atoms with Crippen LogP contribution in [0, 0.1) is 0 Å². The monoisotopic (exact) mass is 512 g/mol. The Balaban J connectivity index is 0.000000537. The van der Waals surface area contributed by atoms with Gasteiger partial charge in [0.1, 0.15) is 0 Å². The van der Waals surface area contributed by atoms with Gasteiger partial charge in [0.25, 0.3) is 0 Å². The average Bonchev–Trinajstić information content (AvgIpc) is 2.76. The van der Waals surface area contributed by atoms with Crippen LogP contribution in [-0.2, 0) is 0 Å². The third kappa shape index (κ3) is 15.6. The summed E-state index contributed by atoms with van der Waals surface area (Å²) in [5.74, 6) is 0. The molecule has 0 aliphatic heterocycles. The Morgan fingerprint density at radius 3 is 1.38 bits per heavy atom. The summed E-state index contributed by atoms with van der Waals surface area (Å²) in [5, 5.41) is 17.8. The number of aliphatic hydroxyl groups excluding tert-OH is 2. The largest absolute Gasteiger partial charge is 0.394 e. The Labute approximate surface area is 195 Å². The Morgan fingerprint density at radius 2 is 1.00 bits per heavy atom. The van der Waals surface area contributed by atoms with Crippen LogP contribution in [0.4, 0.5) is 0 Å². The van der Waals surface area contributed by atoms with E-state index in [1.54, 1.807) is 0 Å². The Hall–Kier alpha value is -0.910. The van der Waals surface area contributed by atoms with E-state index in [1.807, 2.05) is 12.1 Å². The second kappa shape index (κ2) is 20.4. The average molecular weight is 513 g/mol. The molecule has 2 aromatic carbocycles. The number of unbranched alkanes of at least 4 members (excludes halogenated alkanes) is 9. The third-order valence-electron chi connectivity index (χ3n) is 4.98. The molecule has 0 spiro atoms. The maximum absolute atomic E-state index is 9.13. The van der Waals surface area contributed by atoms with E-state index in [9.17, 15) is 0 Å². The number of halogens is 1. The molecule has 0 saturated carbocycles. The summed E-state index contributed by atoms with van der Waals surface area (Å²) >= 11 is 0. The van der Waals surface area contributed by atoms with Crippen LogP contribution >= 0.6 is 24.0 Å². The van der Waals surface area contributed by atoms with Gasteiger partial charge in [0, 0.05) is 0 Å². The normalized spacial score (nSPS) is 11.1. The molecule has 0 heterocycles. The van der Waals surface area contributed by atoms with Gasteiger partial charge in [-0.3, -0.25) is 0 Å². The highest BCUT2D eigenvalue weighted by molar-refractivity contribution is 14.0. The summed E-state index contributed by atoms with van der Waals surface area (Å²) in [6.07, 6.45) is 13.4. The molecule has 2 nitrogen and oxygen atoms in total. The number of rotatable bonds is 13. The van der Waals surface area contributed by atoms with Crippen LogP contribution in [-0.4, -0.2) is 22.9 Å². The van der Waals surface area contributed by atoms with Crippen molar-refractivity contribution in [2.24, 2.45) is 0 Å². The number of aliphatic hydroxyl groups is 2. The van der Waals surface area contributed by atoms with E-state index in [2.05, 4.69) is 55.5 Å². The molecule has 1 atom stereocenters. The van der Waals surface area contributed by atoms with E-state index in [1.165, 1.54) is 68.9 Å². The van der Waals surface area contributed by atoms with Gasteiger partial charge in [-0.25, -0.2) is 0 Å². The van der Waals surface area contributed by atoms with E-state index in [0.717, 1.165) is 12.8 Å². The van der Waals surface area contributed by atoms with Gasteiger partial charge < -0.3 is 10.2 Å². The molecule has 0 amide bonds. The number of benzene rings is 2. The molecule has 0 saturated heterocycles. The molecule has 164 valence electrons. The van der Waals surface area contributed by atoms with Crippen LogP contribution < -0.4 is 0 Å². The van der Waals surface area contributed by atoms with Crippen molar-refractivity contribution >= 4 is 24.0 Å². The van der Waals surface area contributed by atoms with Crippen molar-refractivity contribution < 1.29 is 10.2 Å². The molecule has 3 heteroatoms. The molecular formula is C26H41IO2. The maximum atomic E-state index is 9.13. The lowest BCUT2D eigenvalue weighted by atomic mass is 10.0. The van der Waals surface area contributed by atoms with Gasteiger partial charge in [-0.05, 0) is 17.5 Å². The van der Waals surface area contributed by atoms with Crippen LogP contribution in [0.5, 0.6) is 0 Å². The SMILES string of the molecule is CCCCCCCCCCCCC(O)CO.I.c1ccc(-c2ccccc2)cc1. The lowest BCUT2D eigenvalue weighted by Gasteiger charge is -2.06. The van der Waals surface area contributed by atoms with Crippen molar-refractivity contribution in [1.82, 2.24) is 0 Å². The minimum absolute atomic E-state index is 0. The molecule has 2 rings (SSSR count). The smallest absolute Gasteiger partial charge is 0.0770 e. The Kier molecular flexibility index (Phi) is 19.7. The molecular weight excluding hydrogens is 471 g/mol. The van der Waals surface area contributed by atoms with Crippen LogP contribution in [0.1, 0.15) is 77.6 Å². The van der Waals surface area contributed by atoms with Gasteiger partial charge in [-0.1, -0.05) is 132 Å². The highest BCUT2D eigenvalue weighted by atomic mass is 127. The van der Waals surface area contributed by atoms with E-state index in [-0.39, 0.29) is 30.6 Å². The van der Waals surface area contributed by atoms with Gasteiger partial charge >= 0.3 is 0 Å². The zero-order valence-electron chi connectivity index (χ0n) is 18.1. The molecule has 29 heavy (non-hydrogen) atoms. The zero-order valence-corrected chi connectivity index (χ0v) is 20.5. The summed E-state index contributed by atoms with van der Waals surface area (Å²) in [5.41, 5.74) is 2.55. The van der Waals surface area contributed by atoms with Gasteiger partial charge in [0.15, 0.2) is 0 Å². The topological polar surface area (TPSA) is 40.5 Å². The molecule has 0 radical (unpaired) electrons. The van der Waals surface area contributed by atoms with E-state index >= 15 is 0 Å². The quantitative estimate of drug-likeness (QED) is 0.214. The fraction of sp³-hybridized carbons (Fsp3) is 0.538. The van der Waals surface area contributed by atoms with Crippen molar-refractivity contribution in [3.63, 3.8) is 0 Å². The maximum Gasteiger partial charge on any atom is 0.0770 e. The summed E-state index contributed by atoms with van der Waals surface area (Å²) in [4.78, 5) is 0. The fourth-order valence-electron chi connectivity index (χ4n) is 3.22. The highest BCUT2D eigenvalue weighted by Crippen LogP contribution is 2.17. The second-order valence-corrected chi connectivity index (χ2v) is 7.54. The third-order valence-corrected chi connectivity index (χ3v) is 4.98. The van der Waals surface area contributed by atoms with Gasteiger partial charge in [0.05, 0.1) is 12.7 Å². The first-order chi connectivity index (χ1) is 13.8. The first kappa shape index (κ1) is 28.1. The summed E-state index contributed by atoms with van der Waals surface area (Å²) in [7, 11) is 0. The van der Waals surface area contributed by atoms with E-state index in [4.69, 9.17) is 10.2 Å². The Bertz CT molecular complexity index is 522. The minimum Gasteiger partial charge on any atom is -0.394 e. The van der Waals surface area contributed by atoms with E-state index in [0.29, 0.717) is 0 Å². The first-order valence-corrected chi connectivity index (χ1v) is 11.2. The van der Waals surface area contributed by atoms with Crippen molar-refractivity contribution in [2.75, 3.05) is 6.61 Å². The number of hydrogen-bond donors (Lipinski definition) is 2. The second-order valence-electron chi connectivity index (χ2n) is 7.54. The van der Waals surface area contributed by atoms with Crippen LogP contribution in [0.15, 0.2) is 60.7 Å². The van der Waals surface area contributed by atoms with Crippen molar-refractivity contribution in [3.8, 4) is 11.1 Å². The lowest BCUT2D eigenvalue weighted by Crippen LogP contribution is -2.10. The Morgan fingerprint density at radius 1 is 0.621 bits per heavy atom. The van der Waals surface area contributed by atoms with Crippen LogP contribution in [0.25, 0.3) is 11.1 Å². The fourth-order valence-corrected chi connectivity index (χ4v) is 3.22. The molecule has 0 fully saturated rings. The van der Waals surface area contributed by atoms with Crippen molar-refractivity contribution in [1.29, 1.82) is 0 Å². The minimum atomic E-state index is -0.492. The predicted octanol–water partition coefficient (Wildman–Crippen LogP) is 7.62. The predicted molar refractivity (Wildman–Crippen MR) is 137 cm³/mol. The molecule has 2 N–H and O–H groups in total. The van der Waals surface area contributed by atoms with Gasteiger partial charge in [-0.2, -0.15) is 0 Å². The van der Waals surface area contributed by atoms with Gasteiger partial charge in [-0.15, -0.1) is 24.0 Å². The molecule has 0 bridgehead atoms. The number of hydrogen-bond acceptors (Lipinski definition) is 2. The van der Waals surface area contributed by atoms with Crippen LogP contribution in [0.2, 0.25) is 0 Å². The molecule has 1 unspecified atom stereocenters. The molecule has 0 aliphatic carbocycles. The summed E-state index contributed by atoms with van der Waals surface area (Å²) < 4.78 is 0. The van der Waals surface area contributed by atoms with Gasteiger partial charge in [0.2, 0.25) is 0 Å². The summed E-state index contributed by atoms with van der Waals surface area (Å²) in [6, 6.07) is 20.8.